The van der Waals surface area contributed by atoms with Crippen LogP contribution < -0.4 is 10.2 Å². The van der Waals surface area contributed by atoms with Gasteiger partial charge in [-0.2, -0.15) is 0 Å². The quantitative estimate of drug-likeness (QED) is 0.941. The number of pyridine rings is 1. The molecule has 0 unspecified atom stereocenters. The van der Waals surface area contributed by atoms with Crippen LogP contribution in [-0.4, -0.2) is 17.6 Å². The van der Waals surface area contributed by atoms with Crippen LogP contribution in [0.4, 0.5) is 10.2 Å². The summed E-state index contributed by atoms with van der Waals surface area (Å²) in [5.74, 6) is 0.681. The number of anilines is 1. The number of nitrogens with zero attached hydrogens (tertiary/aromatic N) is 2. The molecule has 0 spiro atoms. The molecule has 0 bridgehead atoms. The van der Waals surface area contributed by atoms with Gasteiger partial charge >= 0.3 is 0 Å². The fourth-order valence-corrected chi connectivity index (χ4v) is 3.75. The SMILES string of the molecule is Fc1cnc(N2CCc3sccc3C2)c(CNC2CC2)c1. The third-order valence-electron chi connectivity index (χ3n) is 4.18. The molecule has 0 amide bonds. The standard InChI is InChI=1S/C16H18FN3S/c17-13-7-12(8-18-14-1-2-14)16(19-9-13)20-5-3-15-11(10-20)4-6-21-15/h4,6-7,9,14,18H,1-3,5,8,10H2. The van der Waals surface area contributed by atoms with E-state index in [4.69, 9.17) is 0 Å². The maximum absolute atomic E-state index is 13.5. The minimum absolute atomic E-state index is 0.250. The predicted octanol–water partition coefficient (Wildman–Crippen LogP) is 3.10. The van der Waals surface area contributed by atoms with Gasteiger partial charge in [0.25, 0.3) is 0 Å². The highest BCUT2D eigenvalue weighted by Gasteiger charge is 2.23. The van der Waals surface area contributed by atoms with Crippen LogP contribution in [0.2, 0.25) is 0 Å². The smallest absolute Gasteiger partial charge is 0.141 e. The van der Waals surface area contributed by atoms with Crippen LogP contribution in [0, 0.1) is 5.82 Å². The van der Waals surface area contributed by atoms with Crippen molar-refractivity contribution >= 4 is 17.2 Å². The number of hydrogen-bond acceptors (Lipinski definition) is 4. The number of rotatable bonds is 4. The average molecular weight is 303 g/mol. The molecule has 1 fully saturated rings. The summed E-state index contributed by atoms with van der Waals surface area (Å²) in [6, 6.07) is 4.43. The maximum atomic E-state index is 13.5. The van der Waals surface area contributed by atoms with Gasteiger partial charge in [0.05, 0.1) is 6.20 Å². The van der Waals surface area contributed by atoms with Crippen LogP contribution in [0.15, 0.2) is 23.7 Å². The van der Waals surface area contributed by atoms with Gasteiger partial charge in [-0.1, -0.05) is 0 Å². The normalized spacial score (nSPS) is 17.9. The molecule has 2 aromatic rings. The molecule has 4 rings (SSSR count). The summed E-state index contributed by atoms with van der Waals surface area (Å²) in [5.41, 5.74) is 2.36. The Bertz CT molecular complexity index is 651. The topological polar surface area (TPSA) is 28.2 Å². The number of halogens is 1. The van der Waals surface area contributed by atoms with Crippen molar-refractivity contribution in [3.63, 3.8) is 0 Å². The highest BCUT2D eigenvalue weighted by Crippen LogP contribution is 2.29. The molecule has 1 aliphatic heterocycles. The lowest BCUT2D eigenvalue weighted by Gasteiger charge is -2.29. The van der Waals surface area contributed by atoms with Gasteiger partial charge in [0, 0.05) is 36.1 Å². The second-order valence-corrected chi connectivity index (χ2v) is 6.83. The molecule has 1 saturated carbocycles. The second-order valence-electron chi connectivity index (χ2n) is 5.83. The van der Waals surface area contributed by atoms with Crippen LogP contribution in [-0.2, 0) is 19.5 Å². The van der Waals surface area contributed by atoms with Crippen molar-refractivity contribution in [1.82, 2.24) is 10.3 Å². The largest absolute Gasteiger partial charge is 0.352 e. The van der Waals surface area contributed by atoms with Gasteiger partial charge < -0.3 is 10.2 Å². The van der Waals surface area contributed by atoms with Crippen molar-refractivity contribution < 1.29 is 4.39 Å². The molecule has 21 heavy (non-hydrogen) atoms. The lowest BCUT2D eigenvalue weighted by molar-refractivity contribution is 0.607. The van der Waals surface area contributed by atoms with Gasteiger partial charge in [0.15, 0.2) is 0 Å². The molecule has 3 nitrogen and oxygen atoms in total. The molecule has 1 aliphatic carbocycles. The molecule has 5 heteroatoms. The van der Waals surface area contributed by atoms with Gasteiger partial charge in [0.2, 0.25) is 0 Å². The lowest BCUT2D eigenvalue weighted by atomic mass is 10.1. The van der Waals surface area contributed by atoms with E-state index in [0.29, 0.717) is 12.6 Å². The zero-order valence-corrected chi connectivity index (χ0v) is 12.6. The zero-order valence-electron chi connectivity index (χ0n) is 11.8. The van der Waals surface area contributed by atoms with E-state index in [1.54, 1.807) is 6.07 Å². The van der Waals surface area contributed by atoms with Gasteiger partial charge in [0.1, 0.15) is 11.6 Å². The molecular formula is C16H18FN3S. The van der Waals surface area contributed by atoms with Crippen molar-refractivity contribution in [3.05, 3.63) is 45.5 Å². The van der Waals surface area contributed by atoms with Gasteiger partial charge in [-0.25, -0.2) is 9.37 Å². The first-order chi connectivity index (χ1) is 10.3. The van der Waals surface area contributed by atoms with E-state index in [0.717, 1.165) is 30.9 Å². The fraction of sp³-hybridized carbons (Fsp3) is 0.438. The Hall–Kier alpha value is -1.46. The number of fused-ring (bicyclic) bond motifs is 1. The molecule has 3 heterocycles. The van der Waals surface area contributed by atoms with Crippen molar-refractivity contribution in [2.24, 2.45) is 0 Å². The molecule has 0 radical (unpaired) electrons. The molecule has 1 N–H and O–H groups in total. The average Bonchev–Trinajstić information content (AvgIpc) is 3.20. The minimum Gasteiger partial charge on any atom is -0.352 e. The lowest BCUT2D eigenvalue weighted by Crippen LogP contribution is -2.31. The van der Waals surface area contributed by atoms with Gasteiger partial charge in [-0.05, 0) is 42.3 Å². The Morgan fingerprint density at radius 2 is 2.33 bits per heavy atom. The Kier molecular flexibility index (Phi) is 3.39. The van der Waals surface area contributed by atoms with Crippen LogP contribution in [0.5, 0.6) is 0 Å². The Balaban J connectivity index is 1.58. The van der Waals surface area contributed by atoms with Crippen molar-refractivity contribution in [2.45, 2.75) is 38.4 Å². The van der Waals surface area contributed by atoms with Crippen molar-refractivity contribution in [3.8, 4) is 0 Å². The first-order valence-corrected chi connectivity index (χ1v) is 8.35. The van der Waals surface area contributed by atoms with Gasteiger partial charge in [-0.3, -0.25) is 0 Å². The molecule has 2 aromatic heterocycles. The predicted molar refractivity (Wildman–Crippen MR) is 83.1 cm³/mol. The van der Waals surface area contributed by atoms with Gasteiger partial charge in [-0.15, -0.1) is 11.3 Å². The highest BCUT2D eigenvalue weighted by molar-refractivity contribution is 7.10. The van der Waals surface area contributed by atoms with Crippen LogP contribution in [0.3, 0.4) is 0 Å². The summed E-state index contributed by atoms with van der Waals surface area (Å²) in [4.78, 5) is 8.13. The Morgan fingerprint density at radius 3 is 3.19 bits per heavy atom. The van der Waals surface area contributed by atoms with E-state index >= 15 is 0 Å². The number of aromatic nitrogens is 1. The van der Waals surface area contributed by atoms with E-state index in [1.807, 2.05) is 11.3 Å². The van der Waals surface area contributed by atoms with E-state index < -0.39 is 0 Å². The van der Waals surface area contributed by atoms with E-state index in [2.05, 4.69) is 26.6 Å². The molecule has 0 saturated heterocycles. The monoisotopic (exact) mass is 303 g/mol. The number of nitrogens with one attached hydrogen (secondary N) is 1. The summed E-state index contributed by atoms with van der Waals surface area (Å²) >= 11 is 1.83. The molecule has 2 aliphatic rings. The minimum atomic E-state index is -0.250. The molecular weight excluding hydrogens is 285 g/mol. The second kappa shape index (κ2) is 5.39. The summed E-state index contributed by atoms with van der Waals surface area (Å²) in [6.45, 7) is 2.55. The fourth-order valence-electron chi connectivity index (χ4n) is 2.86. The first kappa shape index (κ1) is 13.2. The van der Waals surface area contributed by atoms with Crippen LogP contribution >= 0.6 is 11.3 Å². The first-order valence-electron chi connectivity index (χ1n) is 7.47. The third kappa shape index (κ3) is 2.80. The summed E-state index contributed by atoms with van der Waals surface area (Å²) < 4.78 is 13.5. The Labute approximate surface area is 127 Å². The number of thiophene rings is 1. The summed E-state index contributed by atoms with van der Waals surface area (Å²) in [7, 11) is 0. The molecule has 110 valence electrons. The molecule has 0 atom stereocenters. The Morgan fingerprint density at radius 1 is 1.43 bits per heavy atom. The zero-order chi connectivity index (χ0) is 14.2. The van der Waals surface area contributed by atoms with Crippen LogP contribution in [0.1, 0.15) is 28.8 Å². The summed E-state index contributed by atoms with van der Waals surface area (Å²) in [5, 5.41) is 5.62. The van der Waals surface area contributed by atoms with E-state index in [-0.39, 0.29) is 5.82 Å². The molecule has 0 aromatic carbocycles. The van der Waals surface area contributed by atoms with Crippen molar-refractivity contribution in [1.29, 1.82) is 0 Å². The van der Waals surface area contributed by atoms with E-state index in [1.165, 1.54) is 29.5 Å². The third-order valence-corrected chi connectivity index (χ3v) is 5.20. The maximum Gasteiger partial charge on any atom is 0.141 e. The van der Waals surface area contributed by atoms with Crippen LogP contribution in [0.25, 0.3) is 0 Å². The summed E-state index contributed by atoms with van der Waals surface area (Å²) in [6.07, 6.45) is 4.86. The van der Waals surface area contributed by atoms with E-state index in [9.17, 15) is 4.39 Å². The van der Waals surface area contributed by atoms with Crippen molar-refractivity contribution in [2.75, 3.05) is 11.4 Å². The highest BCUT2D eigenvalue weighted by atomic mass is 32.1. The number of hydrogen-bond donors (Lipinski definition) is 1.